The number of nitrogens with zero attached hydrogens (tertiary/aromatic N) is 2. The van der Waals surface area contributed by atoms with Crippen LogP contribution in [0, 0.1) is 0 Å². The summed E-state index contributed by atoms with van der Waals surface area (Å²) in [6.07, 6.45) is 7.41. The van der Waals surface area contributed by atoms with Gasteiger partial charge in [-0.2, -0.15) is 10.2 Å². The summed E-state index contributed by atoms with van der Waals surface area (Å²) in [5.41, 5.74) is 2.99. The highest BCUT2D eigenvalue weighted by Gasteiger charge is 2.07. The summed E-state index contributed by atoms with van der Waals surface area (Å²) in [7, 11) is 0. The Morgan fingerprint density at radius 2 is 1.93 bits per heavy atom. The average Bonchev–Trinajstić information content (AvgIpc) is 2.29. The van der Waals surface area contributed by atoms with E-state index >= 15 is 0 Å². The fourth-order valence-corrected chi connectivity index (χ4v) is 1.05. The highest BCUT2D eigenvalue weighted by atomic mass is 15.2. The molecule has 82 valence electrons. The maximum absolute atomic E-state index is 4.08. The summed E-state index contributed by atoms with van der Waals surface area (Å²) >= 11 is 0. The summed E-state index contributed by atoms with van der Waals surface area (Å²) < 4.78 is 0. The summed E-state index contributed by atoms with van der Waals surface area (Å²) in [6.45, 7) is 13.5. The first-order chi connectivity index (χ1) is 7.24. The smallest absolute Gasteiger partial charge is 0.0700 e. The van der Waals surface area contributed by atoms with Crippen LogP contribution in [0.2, 0.25) is 0 Å². The third-order valence-corrected chi connectivity index (χ3v) is 1.87. The third-order valence-electron chi connectivity index (χ3n) is 1.87. The monoisotopic (exact) mass is 204 g/mol. The van der Waals surface area contributed by atoms with Crippen LogP contribution in [0.4, 0.5) is 0 Å². The molecule has 1 rings (SSSR count). The molecule has 0 amide bonds. The van der Waals surface area contributed by atoms with Crippen molar-refractivity contribution in [2.75, 3.05) is 0 Å². The molecule has 1 heterocycles. The van der Waals surface area contributed by atoms with E-state index in [0.717, 1.165) is 29.8 Å². The maximum atomic E-state index is 4.08. The van der Waals surface area contributed by atoms with Crippen LogP contribution in [0.3, 0.4) is 0 Å². The van der Waals surface area contributed by atoms with Gasteiger partial charge in [0.05, 0.1) is 5.71 Å². The van der Waals surface area contributed by atoms with E-state index in [1.807, 2.05) is 32.9 Å². The highest BCUT2D eigenvalue weighted by molar-refractivity contribution is 6.05. The molecule has 0 saturated carbocycles. The second kappa shape index (κ2) is 7.92. The minimum atomic E-state index is 0.927. The fraction of sp³-hybridized carbons (Fsp3) is 0.385. The molecule has 0 saturated heterocycles. The van der Waals surface area contributed by atoms with Gasteiger partial charge in [0.25, 0.3) is 0 Å². The SMILES string of the molecule is C=C/C=C\C(=C)C1=NN=C(C)CC1.CC. The molecule has 0 bridgehead atoms. The molecule has 2 heteroatoms. The lowest BCUT2D eigenvalue weighted by atomic mass is 10.0. The molecule has 0 aromatic carbocycles. The first kappa shape index (κ1) is 13.6. The lowest BCUT2D eigenvalue weighted by Gasteiger charge is -2.08. The Morgan fingerprint density at radius 1 is 1.27 bits per heavy atom. The van der Waals surface area contributed by atoms with Crippen molar-refractivity contribution in [1.29, 1.82) is 0 Å². The molecular formula is C13H20N2. The van der Waals surface area contributed by atoms with Crippen molar-refractivity contribution >= 4 is 11.4 Å². The molecule has 0 aromatic rings. The minimum Gasteiger partial charge on any atom is -0.160 e. The van der Waals surface area contributed by atoms with Crippen LogP contribution in [0.1, 0.15) is 33.6 Å². The van der Waals surface area contributed by atoms with Gasteiger partial charge < -0.3 is 0 Å². The summed E-state index contributed by atoms with van der Waals surface area (Å²) in [5, 5.41) is 8.11. The Balaban J connectivity index is 0.000000921. The van der Waals surface area contributed by atoms with Crippen LogP contribution in [-0.4, -0.2) is 11.4 Å². The average molecular weight is 204 g/mol. The van der Waals surface area contributed by atoms with Gasteiger partial charge in [-0.15, -0.1) is 0 Å². The second-order valence-corrected chi connectivity index (χ2v) is 3.00. The molecule has 2 nitrogen and oxygen atoms in total. The standard InChI is InChI=1S/C11H14N2.C2H6/c1-4-5-6-9(2)11-8-7-10(3)12-13-11;1-2/h4-6H,1-2,7-8H2,3H3;1-2H3/b6-5-;. The van der Waals surface area contributed by atoms with Gasteiger partial charge in [0.2, 0.25) is 0 Å². The van der Waals surface area contributed by atoms with E-state index in [1.165, 1.54) is 0 Å². The van der Waals surface area contributed by atoms with E-state index in [-0.39, 0.29) is 0 Å². The van der Waals surface area contributed by atoms with Crippen molar-refractivity contribution < 1.29 is 0 Å². The van der Waals surface area contributed by atoms with Gasteiger partial charge in [0.1, 0.15) is 0 Å². The van der Waals surface area contributed by atoms with Gasteiger partial charge in [-0.05, 0) is 25.3 Å². The molecular weight excluding hydrogens is 184 g/mol. The van der Waals surface area contributed by atoms with E-state index in [1.54, 1.807) is 6.08 Å². The summed E-state index contributed by atoms with van der Waals surface area (Å²) in [5.74, 6) is 0. The topological polar surface area (TPSA) is 24.7 Å². The van der Waals surface area contributed by atoms with Crippen LogP contribution in [0.5, 0.6) is 0 Å². The number of allylic oxidation sites excluding steroid dienone is 4. The zero-order valence-electron chi connectivity index (χ0n) is 9.95. The normalized spacial score (nSPS) is 14.9. The van der Waals surface area contributed by atoms with Crippen LogP contribution in [0.25, 0.3) is 0 Å². The van der Waals surface area contributed by atoms with E-state index in [2.05, 4.69) is 23.4 Å². The molecule has 1 aliphatic rings. The summed E-state index contributed by atoms with van der Waals surface area (Å²) in [4.78, 5) is 0. The molecule has 0 unspecified atom stereocenters. The van der Waals surface area contributed by atoms with Crippen molar-refractivity contribution in [2.24, 2.45) is 10.2 Å². The van der Waals surface area contributed by atoms with Gasteiger partial charge in [-0.3, -0.25) is 0 Å². The van der Waals surface area contributed by atoms with E-state index < -0.39 is 0 Å². The number of rotatable bonds is 3. The lowest BCUT2D eigenvalue weighted by molar-refractivity contribution is 1.03. The highest BCUT2D eigenvalue weighted by Crippen LogP contribution is 2.10. The van der Waals surface area contributed by atoms with Crippen LogP contribution in [0.15, 0.2) is 47.2 Å². The van der Waals surface area contributed by atoms with Crippen LogP contribution >= 0.6 is 0 Å². The molecule has 0 aromatic heterocycles. The molecule has 15 heavy (non-hydrogen) atoms. The second-order valence-electron chi connectivity index (χ2n) is 3.00. The van der Waals surface area contributed by atoms with Crippen molar-refractivity contribution in [3.05, 3.63) is 37.0 Å². The third kappa shape index (κ3) is 5.11. The molecule has 1 aliphatic heterocycles. The fourth-order valence-electron chi connectivity index (χ4n) is 1.05. The Hall–Kier alpha value is -1.44. The molecule has 0 radical (unpaired) electrons. The Bertz CT molecular complexity index is 306. The summed E-state index contributed by atoms with van der Waals surface area (Å²) in [6, 6.07) is 0. The maximum Gasteiger partial charge on any atom is 0.0700 e. The molecule has 0 atom stereocenters. The first-order valence-electron chi connectivity index (χ1n) is 5.32. The van der Waals surface area contributed by atoms with Crippen molar-refractivity contribution in [2.45, 2.75) is 33.6 Å². The van der Waals surface area contributed by atoms with Gasteiger partial charge in [0, 0.05) is 5.71 Å². The van der Waals surface area contributed by atoms with Crippen LogP contribution in [-0.2, 0) is 0 Å². The number of hydrogen-bond acceptors (Lipinski definition) is 2. The van der Waals surface area contributed by atoms with Gasteiger partial charge in [-0.25, -0.2) is 0 Å². The van der Waals surface area contributed by atoms with E-state index in [9.17, 15) is 0 Å². The van der Waals surface area contributed by atoms with Gasteiger partial charge >= 0.3 is 0 Å². The van der Waals surface area contributed by atoms with E-state index in [0.29, 0.717) is 0 Å². The zero-order valence-corrected chi connectivity index (χ0v) is 9.95. The van der Waals surface area contributed by atoms with Crippen molar-refractivity contribution in [1.82, 2.24) is 0 Å². The Morgan fingerprint density at radius 3 is 2.40 bits per heavy atom. The quantitative estimate of drug-likeness (QED) is 0.622. The zero-order chi connectivity index (χ0) is 11.7. The molecule has 0 N–H and O–H groups in total. The Kier molecular flexibility index (Phi) is 7.16. The van der Waals surface area contributed by atoms with Gasteiger partial charge in [0.15, 0.2) is 0 Å². The molecule has 0 fully saturated rings. The first-order valence-corrected chi connectivity index (χ1v) is 5.32. The predicted molar refractivity (Wildman–Crippen MR) is 69.6 cm³/mol. The molecule has 0 aliphatic carbocycles. The van der Waals surface area contributed by atoms with Gasteiger partial charge in [-0.1, -0.05) is 45.2 Å². The lowest BCUT2D eigenvalue weighted by Crippen LogP contribution is -2.07. The number of hydrogen-bond donors (Lipinski definition) is 0. The van der Waals surface area contributed by atoms with Crippen LogP contribution < -0.4 is 0 Å². The van der Waals surface area contributed by atoms with Crippen molar-refractivity contribution in [3.8, 4) is 0 Å². The molecule has 0 spiro atoms. The largest absolute Gasteiger partial charge is 0.160 e. The Labute approximate surface area is 92.8 Å². The van der Waals surface area contributed by atoms with E-state index in [4.69, 9.17) is 0 Å². The predicted octanol–water partition coefficient (Wildman–Crippen LogP) is 3.92. The van der Waals surface area contributed by atoms with Crippen molar-refractivity contribution in [3.63, 3.8) is 0 Å². The minimum absolute atomic E-state index is 0.927.